The van der Waals surface area contributed by atoms with Gasteiger partial charge in [-0.25, -0.2) is 4.98 Å². The number of fused-ring (bicyclic) bond motifs is 1. The van der Waals surface area contributed by atoms with Crippen molar-refractivity contribution in [3.63, 3.8) is 0 Å². The second kappa shape index (κ2) is 9.67. The number of rotatable bonds is 6. The van der Waals surface area contributed by atoms with Crippen molar-refractivity contribution in [2.24, 2.45) is 0 Å². The Hall–Kier alpha value is -3.32. The molecule has 2 aromatic carbocycles. The summed E-state index contributed by atoms with van der Waals surface area (Å²) in [6, 6.07) is 15.1. The number of pyridine rings is 2. The number of carbonyl (C=O) groups is 1. The van der Waals surface area contributed by atoms with Crippen LogP contribution in [0.15, 0.2) is 60.9 Å². The maximum Gasteiger partial charge on any atom is 0.270 e. The van der Waals surface area contributed by atoms with E-state index in [1.807, 2.05) is 56.3 Å². The van der Waals surface area contributed by atoms with Crippen LogP contribution in [0.2, 0.25) is 5.02 Å². The van der Waals surface area contributed by atoms with Crippen LogP contribution in [0.4, 0.5) is 0 Å². The molecule has 0 radical (unpaired) electrons. The first-order valence-electron chi connectivity index (χ1n) is 10.6. The Labute approximate surface area is 196 Å². The summed E-state index contributed by atoms with van der Waals surface area (Å²) < 4.78 is 0. The monoisotopic (exact) mass is 461 g/mol. The minimum absolute atomic E-state index is 0.0739. The summed E-state index contributed by atoms with van der Waals surface area (Å²) >= 11 is 6.56. The lowest BCUT2D eigenvalue weighted by atomic mass is 9.89. The zero-order valence-electron chi connectivity index (χ0n) is 18.3. The van der Waals surface area contributed by atoms with Crippen molar-refractivity contribution in [1.29, 1.82) is 0 Å². The van der Waals surface area contributed by atoms with Crippen LogP contribution < -0.4 is 5.32 Å². The molecule has 1 unspecified atom stereocenters. The van der Waals surface area contributed by atoms with Crippen LogP contribution in [-0.4, -0.2) is 45.3 Å². The average Bonchev–Trinajstić information content (AvgIpc) is 2.82. The summed E-state index contributed by atoms with van der Waals surface area (Å²) in [6.45, 7) is 3.55. The number of aliphatic hydroxyl groups is 2. The molecule has 1 amide bonds. The van der Waals surface area contributed by atoms with Gasteiger partial charge in [0.15, 0.2) is 0 Å². The Morgan fingerprint density at radius 1 is 1.09 bits per heavy atom. The van der Waals surface area contributed by atoms with Crippen molar-refractivity contribution in [2.75, 3.05) is 13.2 Å². The Morgan fingerprint density at radius 2 is 1.82 bits per heavy atom. The average molecular weight is 462 g/mol. The second-order valence-corrected chi connectivity index (χ2v) is 8.31. The van der Waals surface area contributed by atoms with Gasteiger partial charge in [-0.2, -0.15) is 0 Å². The van der Waals surface area contributed by atoms with Gasteiger partial charge in [0.05, 0.1) is 18.2 Å². The predicted octanol–water partition coefficient (Wildman–Crippen LogP) is 4.32. The highest BCUT2D eigenvalue weighted by Gasteiger charge is 2.20. The van der Waals surface area contributed by atoms with Crippen molar-refractivity contribution >= 4 is 28.4 Å². The van der Waals surface area contributed by atoms with E-state index in [1.165, 1.54) is 0 Å². The minimum Gasteiger partial charge on any atom is -0.394 e. The van der Waals surface area contributed by atoms with E-state index in [0.717, 1.165) is 38.8 Å². The fourth-order valence-electron chi connectivity index (χ4n) is 4.10. The number of hydrogen-bond donors (Lipinski definition) is 3. The SMILES string of the molecule is Cc1cc2nc(C(=O)NCC(O)CO)cc(-c3ccccc3Cl)c2c(C)c1-c1ccncc1. The van der Waals surface area contributed by atoms with Gasteiger partial charge in [-0.3, -0.25) is 9.78 Å². The highest BCUT2D eigenvalue weighted by Crippen LogP contribution is 2.39. The van der Waals surface area contributed by atoms with Crippen molar-refractivity contribution in [1.82, 2.24) is 15.3 Å². The molecule has 33 heavy (non-hydrogen) atoms. The number of benzene rings is 2. The highest BCUT2D eigenvalue weighted by atomic mass is 35.5. The lowest BCUT2D eigenvalue weighted by Crippen LogP contribution is -2.34. The molecular weight excluding hydrogens is 438 g/mol. The van der Waals surface area contributed by atoms with Gasteiger partial charge in [0.2, 0.25) is 0 Å². The second-order valence-electron chi connectivity index (χ2n) is 7.90. The van der Waals surface area contributed by atoms with Gasteiger partial charge in [-0.1, -0.05) is 29.8 Å². The first-order chi connectivity index (χ1) is 15.9. The third-order valence-corrected chi connectivity index (χ3v) is 5.95. The number of hydrogen-bond acceptors (Lipinski definition) is 5. The zero-order valence-corrected chi connectivity index (χ0v) is 19.1. The van der Waals surface area contributed by atoms with E-state index in [-0.39, 0.29) is 12.2 Å². The quantitative estimate of drug-likeness (QED) is 0.397. The number of halogens is 1. The number of aryl methyl sites for hydroxylation is 2. The number of nitrogens with zero attached hydrogens (tertiary/aromatic N) is 2. The standard InChI is InChI=1S/C26H24ClN3O3/c1-15-11-22-25(16(2)24(15)17-7-9-28-10-8-17)20(19-5-3-4-6-21(19)27)12-23(30-22)26(33)29-13-18(32)14-31/h3-12,18,31-32H,13-14H2,1-2H3,(H,29,33). The lowest BCUT2D eigenvalue weighted by molar-refractivity contribution is 0.0799. The van der Waals surface area contributed by atoms with E-state index in [9.17, 15) is 9.90 Å². The summed E-state index contributed by atoms with van der Waals surface area (Å²) in [4.78, 5) is 21.6. The van der Waals surface area contributed by atoms with Gasteiger partial charge in [-0.15, -0.1) is 0 Å². The van der Waals surface area contributed by atoms with Gasteiger partial charge < -0.3 is 15.5 Å². The molecule has 0 aliphatic heterocycles. The maximum atomic E-state index is 12.8. The van der Waals surface area contributed by atoms with Crippen LogP contribution in [-0.2, 0) is 0 Å². The zero-order chi connectivity index (χ0) is 23.5. The molecule has 2 aromatic heterocycles. The van der Waals surface area contributed by atoms with Crippen LogP contribution >= 0.6 is 11.6 Å². The molecule has 0 aliphatic carbocycles. The molecule has 0 fully saturated rings. The maximum absolute atomic E-state index is 12.8. The van der Waals surface area contributed by atoms with E-state index < -0.39 is 18.6 Å². The molecule has 3 N–H and O–H groups in total. The van der Waals surface area contributed by atoms with Gasteiger partial charge in [0, 0.05) is 34.9 Å². The Balaban J connectivity index is 1.97. The fourth-order valence-corrected chi connectivity index (χ4v) is 4.34. The van der Waals surface area contributed by atoms with Crippen LogP contribution in [0.25, 0.3) is 33.2 Å². The third-order valence-electron chi connectivity index (χ3n) is 5.62. The molecule has 0 bridgehead atoms. The molecule has 1 atom stereocenters. The van der Waals surface area contributed by atoms with Crippen molar-refractivity contribution in [3.05, 3.63) is 82.8 Å². The van der Waals surface area contributed by atoms with Crippen LogP contribution in [0, 0.1) is 13.8 Å². The fraction of sp³-hybridized carbons (Fsp3) is 0.192. The topological polar surface area (TPSA) is 95.3 Å². The minimum atomic E-state index is -1.04. The summed E-state index contributed by atoms with van der Waals surface area (Å²) in [6.07, 6.45) is 2.49. The van der Waals surface area contributed by atoms with E-state index in [1.54, 1.807) is 18.5 Å². The number of carbonyl (C=O) groups excluding carboxylic acids is 1. The summed E-state index contributed by atoms with van der Waals surface area (Å²) in [5, 5.41) is 22.7. The third kappa shape index (κ3) is 4.59. The van der Waals surface area contributed by atoms with E-state index in [2.05, 4.69) is 15.3 Å². The predicted molar refractivity (Wildman–Crippen MR) is 130 cm³/mol. The van der Waals surface area contributed by atoms with Crippen LogP contribution in [0.5, 0.6) is 0 Å². The normalized spacial score (nSPS) is 12.0. The smallest absolute Gasteiger partial charge is 0.270 e. The largest absolute Gasteiger partial charge is 0.394 e. The summed E-state index contributed by atoms with van der Waals surface area (Å²) in [5.41, 5.74) is 6.66. The molecule has 7 heteroatoms. The molecule has 4 aromatic rings. The van der Waals surface area contributed by atoms with Crippen molar-refractivity contribution in [3.8, 4) is 22.3 Å². The molecule has 168 valence electrons. The molecule has 0 saturated carbocycles. The Morgan fingerprint density at radius 3 is 2.52 bits per heavy atom. The van der Waals surface area contributed by atoms with Gasteiger partial charge in [-0.05, 0) is 72.0 Å². The number of amides is 1. The van der Waals surface area contributed by atoms with Crippen molar-refractivity contribution in [2.45, 2.75) is 20.0 Å². The van der Waals surface area contributed by atoms with Crippen LogP contribution in [0.1, 0.15) is 21.6 Å². The Bertz CT molecular complexity index is 1330. The summed E-state index contributed by atoms with van der Waals surface area (Å²) in [5.74, 6) is -0.439. The molecule has 4 rings (SSSR count). The molecule has 0 saturated heterocycles. The van der Waals surface area contributed by atoms with E-state index in [0.29, 0.717) is 10.5 Å². The lowest BCUT2D eigenvalue weighted by Gasteiger charge is -2.18. The summed E-state index contributed by atoms with van der Waals surface area (Å²) in [7, 11) is 0. The van der Waals surface area contributed by atoms with Gasteiger partial charge >= 0.3 is 0 Å². The number of nitrogens with one attached hydrogen (secondary N) is 1. The first-order valence-corrected chi connectivity index (χ1v) is 11.0. The Kier molecular flexibility index (Phi) is 6.70. The van der Waals surface area contributed by atoms with E-state index >= 15 is 0 Å². The first kappa shape index (κ1) is 22.9. The molecule has 6 nitrogen and oxygen atoms in total. The molecule has 0 spiro atoms. The number of aliphatic hydroxyl groups excluding tert-OH is 2. The van der Waals surface area contributed by atoms with Gasteiger partial charge in [0.25, 0.3) is 5.91 Å². The van der Waals surface area contributed by atoms with E-state index in [4.69, 9.17) is 16.7 Å². The van der Waals surface area contributed by atoms with Crippen molar-refractivity contribution < 1.29 is 15.0 Å². The van der Waals surface area contributed by atoms with Gasteiger partial charge in [0.1, 0.15) is 5.69 Å². The van der Waals surface area contributed by atoms with Crippen LogP contribution in [0.3, 0.4) is 0 Å². The molecule has 0 aliphatic rings. The molecule has 2 heterocycles. The number of aromatic nitrogens is 2. The highest BCUT2D eigenvalue weighted by molar-refractivity contribution is 6.33. The molecular formula is C26H24ClN3O3.